The van der Waals surface area contributed by atoms with Crippen LogP contribution in [-0.4, -0.2) is 25.3 Å². The van der Waals surface area contributed by atoms with E-state index >= 15 is 0 Å². The van der Waals surface area contributed by atoms with Gasteiger partial charge in [0.15, 0.2) is 0 Å². The molecule has 5 heteroatoms. The Balaban J connectivity index is 2.15. The standard InChI is InChI=1S/C9H12F2O3/c1-5(2)9(12)13-4-3-6-7(10)14-8(6)11/h6-8H,1,3-4H2,2H3. The first kappa shape index (κ1) is 11.1. The van der Waals surface area contributed by atoms with Gasteiger partial charge in [0.25, 0.3) is 0 Å². The zero-order valence-corrected chi connectivity index (χ0v) is 7.83. The van der Waals surface area contributed by atoms with Crippen molar-refractivity contribution in [2.24, 2.45) is 5.92 Å². The maximum absolute atomic E-state index is 12.5. The smallest absolute Gasteiger partial charge is 0.333 e. The van der Waals surface area contributed by atoms with Crippen LogP contribution in [0.25, 0.3) is 0 Å². The van der Waals surface area contributed by atoms with E-state index in [2.05, 4.69) is 16.1 Å². The quantitative estimate of drug-likeness (QED) is 0.519. The Kier molecular flexibility index (Phi) is 3.57. The summed E-state index contributed by atoms with van der Waals surface area (Å²) in [6, 6.07) is 0. The number of carbonyl (C=O) groups is 1. The molecule has 0 aromatic heterocycles. The van der Waals surface area contributed by atoms with Crippen LogP contribution in [-0.2, 0) is 14.3 Å². The van der Waals surface area contributed by atoms with Gasteiger partial charge in [-0.15, -0.1) is 0 Å². The van der Waals surface area contributed by atoms with Gasteiger partial charge in [0, 0.05) is 5.57 Å². The van der Waals surface area contributed by atoms with E-state index in [1.807, 2.05) is 0 Å². The molecule has 0 spiro atoms. The molecule has 2 unspecified atom stereocenters. The lowest BCUT2D eigenvalue weighted by Crippen LogP contribution is -2.44. The summed E-state index contributed by atoms with van der Waals surface area (Å²) >= 11 is 0. The first-order valence-electron chi connectivity index (χ1n) is 4.28. The van der Waals surface area contributed by atoms with Gasteiger partial charge in [-0.05, 0) is 13.3 Å². The molecule has 14 heavy (non-hydrogen) atoms. The maximum Gasteiger partial charge on any atom is 0.333 e. The highest BCUT2D eigenvalue weighted by Crippen LogP contribution is 2.33. The van der Waals surface area contributed by atoms with Crippen molar-refractivity contribution in [3.8, 4) is 0 Å². The van der Waals surface area contributed by atoms with E-state index in [-0.39, 0.29) is 18.6 Å². The van der Waals surface area contributed by atoms with Crippen molar-refractivity contribution in [1.29, 1.82) is 0 Å². The fourth-order valence-electron chi connectivity index (χ4n) is 1.03. The molecule has 1 fully saturated rings. The Hall–Kier alpha value is -0.970. The largest absolute Gasteiger partial charge is 0.462 e. The maximum atomic E-state index is 12.5. The van der Waals surface area contributed by atoms with Gasteiger partial charge in [0.05, 0.1) is 12.5 Å². The lowest BCUT2D eigenvalue weighted by Gasteiger charge is -2.34. The summed E-state index contributed by atoms with van der Waals surface area (Å²) in [7, 11) is 0. The Morgan fingerprint density at radius 1 is 1.50 bits per heavy atom. The van der Waals surface area contributed by atoms with Crippen molar-refractivity contribution >= 4 is 5.97 Å². The van der Waals surface area contributed by atoms with Crippen LogP contribution in [0.3, 0.4) is 0 Å². The van der Waals surface area contributed by atoms with Gasteiger partial charge in [0.1, 0.15) is 0 Å². The molecular formula is C9H12F2O3. The zero-order valence-electron chi connectivity index (χ0n) is 7.83. The highest BCUT2D eigenvalue weighted by Gasteiger charge is 2.43. The van der Waals surface area contributed by atoms with Gasteiger partial charge in [0.2, 0.25) is 12.7 Å². The average Bonchev–Trinajstić information content (AvgIpc) is 2.11. The number of rotatable bonds is 4. The second-order valence-electron chi connectivity index (χ2n) is 3.21. The lowest BCUT2D eigenvalue weighted by atomic mass is 10.0. The van der Waals surface area contributed by atoms with E-state index in [9.17, 15) is 13.6 Å². The van der Waals surface area contributed by atoms with Gasteiger partial charge in [-0.3, -0.25) is 0 Å². The van der Waals surface area contributed by atoms with Crippen molar-refractivity contribution in [3.63, 3.8) is 0 Å². The molecule has 0 aromatic carbocycles. The molecule has 0 aliphatic carbocycles. The summed E-state index contributed by atoms with van der Waals surface area (Å²) in [5, 5.41) is 0. The molecule has 1 saturated heterocycles. The molecule has 80 valence electrons. The fourth-order valence-corrected chi connectivity index (χ4v) is 1.03. The molecule has 1 heterocycles. The zero-order chi connectivity index (χ0) is 10.7. The van der Waals surface area contributed by atoms with Crippen LogP contribution < -0.4 is 0 Å². The third-order valence-electron chi connectivity index (χ3n) is 1.97. The van der Waals surface area contributed by atoms with Gasteiger partial charge in [-0.2, -0.15) is 0 Å². The first-order chi connectivity index (χ1) is 6.52. The number of esters is 1. The SMILES string of the molecule is C=C(C)C(=O)OCCC1C(F)OC1F. The van der Waals surface area contributed by atoms with Crippen LogP contribution >= 0.6 is 0 Å². The number of alkyl halides is 2. The molecule has 0 bridgehead atoms. The van der Waals surface area contributed by atoms with Crippen LogP contribution in [0.5, 0.6) is 0 Å². The van der Waals surface area contributed by atoms with Gasteiger partial charge in [-0.1, -0.05) is 6.58 Å². The Morgan fingerprint density at radius 2 is 2.07 bits per heavy atom. The van der Waals surface area contributed by atoms with Crippen molar-refractivity contribution in [2.75, 3.05) is 6.61 Å². The number of carbonyl (C=O) groups excluding carboxylic acids is 1. The summed E-state index contributed by atoms with van der Waals surface area (Å²) in [4.78, 5) is 10.9. The minimum atomic E-state index is -1.58. The Bertz CT molecular complexity index is 234. The minimum Gasteiger partial charge on any atom is -0.462 e. The lowest BCUT2D eigenvalue weighted by molar-refractivity contribution is -0.296. The average molecular weight is 206 g/mol. The van der Waals surface area contributed by atoms with E-state index in [1.54, 1.807) is 0 Å². The van der Waals surface area contributed by atoms with E-state index in [4.69, 9.17) is 0 Å². The second kappa shape index (κ2) is 4.50. The van der Waals surface area contributed by atoms with E-state index < -0.39 is 24.6 Å². The normalized spacial score (nSPS) is 30.6. The van der Waals surface area contributed by atoms with Gasteiger partial charge in [-0.25, -0.2) is 13.6 Å². The van der Waals surface area contributed by atoms with Crippen LogP contribution in [0.2, 0.25) is 0 Å². The summed E-state index contributed by atoms with van der Waals surface area (Å²) in [6.45, 7) is 4.86. The van der Waals surface area contributed by atoms with Gasteiger partial charge >= 0.3 is 5.97 Å². The van der Waals surface area contributed by atoms with E-state index in [1.165, 1.54) is 6.92 Å². The number of ether oxygens (including phenoxy) is 2. The molecular weight excluding hydrogens is 194 g/mol. The highest BCUT2D eigenvalue weighted by molar-refractivity contribution is 5.86. The van der Waals surface area contributed by atoms with Crippen LogP contribution in [0.4, 0.5) is 8.78 Å². The molecule has 0 radical (unpaired) electrons. The van der Waals surface area contributed by atoms with Crippen molar-refractivity contribution in [3.05, 3.63) is 12.2 Å². The Labute approximate surface area is 80.7 Å². The topological polar surface area (TPSA) is 35.5 Å². The molecule has 0 amide bonds. The van der Waals surface area contributed by atoms with E-state index in [0.29, 0.717) is 0 Å². The summed E-state index contributed by atoms with van der Waals surface area (Å²) in [5.41, 5.74) is 0.267. The van der Waals surface area contributed by atoms with Crippen LogP contribution in [0.15, 0.2) is 12.2 Å². The van der Waals surface area contributed by atoms with Crippen molar-refractivity contribution < 1.29 is 23.0 Å². The van der Waals surface area contributed by atoms with Gasteiger partial charge < -0.3 is 9.47 Å². The highest BCUT2D eigenvalue weighted by atomic mass is 19.2. The first-order valence-corrected chi connectivity index (χ1v) is 4.28. The molecule has 1 aliphatic heterocycles. The van der Waals surface area contributed by atoms with Crippen LogP contribution in [0, 0.1) is 5.92 Å². The monoisotopic (exact) mass is 206 g/mol. The molecule has 0 aromatic rings. The predicted octanol–water partition coefficient (Wildman–Crippen LogP) is 1.73. The predicted molar refractivity (Wildman–Crippen MR) is 44.8 cm³/mol. The minimum absolute atomic E-state index is 0.0133. The third-order valence-corrected chi connectivity index (χ3v) is 1.97. The van der Waals surface area contributed by atoms with Crippen LogP contribution in [0.1, 0.15) is 13.3 Å². The second-order valence-corrected chi connectivity index (χ2v) is 3.21. The number of halogens is 2. The summed E-state index contributed by atoms with van der Waals surface area (Å²) in [5.74, 6) is -1.36. The summed E-state index contributed by atoms with van der Waals surface area (Å²) in [6.07, 6.45) is -3.02. The third kappa shape index (κ3) is 2.51. The fraction of sp³-hybridized carbons (Fsp3) is 0.667. The summed E-state index contributed by atoms with van der Waals surface area (Å²) < 4.78 is 33.7. The van der Waals surface area contributed by atoms with Crippen molar-refractivity contribution in [1.82, 2.24) is 0 Å². The number of hydrogen-bond donors (Lipinski definition) is 0. The Morgan fingerprint density at radius 3 is 2.50 bits per heavy atom. The molecule has 2 atom stereocenters. The van der Waals surface area contributed by atoms with E-state index in [0.717, 1.165) is 0 Å². The molecule has 1 rings (SSSR count). The molecule has 0 saturated carbocycles. The molecule has 1 aliphatic rings. The number of hydrogen-bond acceptors (Lipinski definition) is 3. The molecule has 3 nitrogen and oxygen atoms in total. The van der Waals surface area contributed by atoms with Crippen molar-refractivity contribution in [2.45, 2.75) is 26.1 Å². The molecule has 0 N–H and O–H groups in total.